The van der Waals surface area contributed by atoms with Gasteiger partial charge in [0.25, 0.3) is 0 Å². The van der Waals surface area contributed by atoms with Gasteiger partial charge in [-0.2, -0.15) is 25.3 Å². The quantitative estimate of drug-likeness (QED) is 0.767. The summed E-state index contributed by atoms with van der Waals surface area (Å²) in [4.78, 5) is 11.3. The highest BCUT2D eigenvalue weighted by molar-refractivity contribution is 8.04. The summed E-state index contributed by atoms with van der Waals surface area (Å²) in [5.74, 6) is -1.07. The van der Waals surface area contributed by atoms with E-state index in [1.165, 1.54) is 6.92 Å². The number of hydrogen-bond donors (Lipinski definition) is 0. The summed E-state index contributed by atoms with van der Waals surface area (Å²) in [6, 6.07) is 0. The lowest BCUT2D eigenvalue weighted by Gasteiger charge is -2.28. The van der Waals surface area contributed by atoms with Gasteiger partial charge in [0.05, 0.1) is 12.0 Å². The maximum Gasteiger partial charge on any atom is 0.517 e. The topological polar surface area (TPSA) is 88.6 Å². The molecule has 0 aromatic heterocycles. The summed E-state index contributed by atoms with van der Waals surface area (Å²) in [6.07, 6.45) is 0.729. The molecule has 11 heteroatoms. The van der Waals surface area contributed by atoms with E-state index in [2.05, 4.69) is 0 Å². The van der Waals surface area contributed by atoms with E-state index in [9.17, 15) is 34.8 Å². The van der Waals surface area contributed by atoms with Crippen LogP contribution in [0.15, 0.2) is 11.8 Å². The number of carbonyl (C=O) groups is 1. The third-order valence-electron chi connectivity index (χ3n) is 2.48. The molecular formula is C9H12F3NO5S2. The van der Waals surface area contributed by atoms with Gasteiger partial charge in [-0.1, -0.05) is 6.92 Å². The number of carbonyl (C=O) groups excluding carboxylic acids is 1. The summed E-state index contributed by atoms with van der Waals surface area (Å²) in [5.41, 5.74) is -6.46. The predicted molar refractivity (Wildman–Crippen MR) is 63.1 cm³/mol. The van der Waals surface area contributed by atoms with Crippen LogP contribution in [-0.4, -0.2) is 38.1 Å². The Bertz CT molecular complexity index is 648. The van der Waals surface area contributed by atoms with Gasteiger partial charge in [0, 0.05) is 12.5 Å². The Balaban J connectivity index is 3.49. The van der Waals surface area contributed by atoms with Gasteiger partial charge in [-0.15, -0.1) is 0 Å². The average Bonchev–Trinajstić information content (AvgIpc) is 2.09. The first-order chi connectivity index (χ1) is 8.76. The Morgan fingerprint density at radius 1 is 1.20 bits per heavy atom. The SMILES string of the molecule is CC1CC(=O)C=C(N(S(C)(=O)=O)S(=O)(=O)C(F)(F)F)C1. The van der Waals surface area contributed by atoms with E-state index in [4.69, 9.17) is 0 Å². The molecule has 0 saturated heterocycles. The first kappa shape index (κ1) is 17.0. The number of hydrogen-bond acceptors (Lipinski definition) is 5. The highest BCUT2D eigenvalue weighted by Crippen LogP contribution is 2.35. The Morgan fingerprint density at radius 3 is 2.05 bits per heavy atom. The molecule has 1 unspecified atom stereocenters. The number of alkyl halides is 3. The molecule has 0 radical (unpaired) electrons. The van der Waals surface area contributed by atoms with E-state index in [0.717, 1.165) is 0 Å². The normalized spacial score (nSPS) is 21.6. The minimum Gasteiger partial charge on any atom is -0.295 e. The molecule has 0 heterocycles. The van der Waals surface area contributed by atoms with E-state index in [-0.39, 0.29) is 12.8 Å². The fourth-order valence-electron chi connectivity index (χ4n) is 1.84. The minimum absolute atomic E-state index is 0.0210. The summed E-state index contributed by atoms with van der Waals surface area (Å²) < 4.78 is 82.6. The van der Waals surface area contributed by atoms with E-state index < -0.39 is 46.7 Å². The van der Waals surface area contributed by atoms with Gasteiger partial charge in [-0.25, -0.2) is 8.42 Å². The third kappa shape index (κ3) is 3.32. The largest absolute Gasteiger partial charge is 0.517 e. The molecule has 0 aliphatic heterocycles. The van der Waals surface area contributed by atoms with Crippen molar-refractivity contribution >= 4 is 25.8 Å². The molecule has 0 bridgehead atoms. The van der Waals surface area contributed by atoms with Crippen molar-refractivity contribution in [2.45, 2.75) is 25.3 Å². The van der Waals surface area contributed by atoms with Crippen LogP contribution in [0.25, 0.3) is 0 Å². The molecule has 0 fully saturated rings. The zero-order valence-corrected chi connectivity index (χ0v) is 12.1. The molecule has 0 aromatic rings. The fraction of sp³-hybridized carbons (Fsp3) is 0.667. The zero-order valence-electron chi connectivity index (χ0n) is 10.5. The standard InChI is InChI=1S/C9H12F3NO5S2/c1-6-3-7(5-8(14)4-6)13(19(2,15)16)20(17,18)9(10,11)12/h5-6H,3-4H2,1-2H3. The Hall–Kier alpha value is -1.10. The van der Waals surface area contributed by atoms with E-state index >= 15 is 0 Å². The van der Waals surface area contributed by atoms with Crippen molar-refractivity contribution in [1.29, 1.82) is 0 Å². The summed E-state index contributed by atoms with van der Waals surface area (Å²) in [5, 5.41) is 0. The van der Waals surface area contributed by atoms with Crippen molar-refractivity contribution in [3.05, 3.63) is 11.8 Å². The van der Waals surface area contributed by atoms with Gasteiger partial charge >= 0.3 is 15.5 Å². The molecule has 1 aliphatic carbocycles. The second-order valence-corrected chi connectivity index (χ2v) is 8.37. The average molecular weight is 335 g/mol. The maximum atomic E-state index is 12.6. The molecule has 0 spiro atoms. The molecule has 0 amide bonds. The third-order valence-corrected chi connectivity index (χ3v) is 5.98. The Morgan fingerprint density at radius 2 is 1.70 bits per heavy atom. The van der Waals surface area contributed by atoms with Gasteiger partial charge in [-0.05, 0) is 12.3 Å². The fourth-order valence-corrected chi connectivity index (χ4v) is 4.70. The molecule has 0 aromatic carbocycles. The number of allylic oxidation sites excluding steroid dienone is 2. The van der Waals surface area contributed by atoms with Gasteiger partial charge < -0.3 is 0 Å². The molecular weight excluding hydrogens is 323 g/mol. The number of nitrogens with zero attached hydrogens (tertiary/aromatic N) is 1. The summed E-state index contributed by atoms with van der Waals surface area (Å²) in [6.45, 7) is 1.51. The van der Waals surface area contributed by atoms with Crippen molar-refractivity contribution in [3.63, 3.8) is 0 Å². The first-order valence-corrected chi connectivity index (χ1v) is 8.61. The Labute approximate surface area is 114 Å². The van der Waals surface area contributed by atoms with Crippen LogP contribution in [-0.2, 0) is 24.8 Å². The van der Waals surface area contributed by atoms with Gasteiger partial charge in [-0.3, -0.25) is 4.79 Å². The highest BCUT2D eigenvalue weighted by atomic mass is 32.3. The van der Waals surface area contributed by atoms with Crippen molar-refractivity contribution in [2.24, 2.45) is 5.92 Å². The van der Waals surface area contributed by atoms with Gasteiger partial charge in [0.15, 0.2) is 5.78 Å². The zero-order chi connectivity index (χ0) is 15.9. The molecule has 116 valence electrons. The maximum absolute atomic E-state index is 12.6. The highest BCUT2D eigenvalue weighted by Gasteiger charge is 2.54. The van der Waals surface area contributed by atoms with E-state index in [1.54, 1.807) is 0 Å². The van der Waals surface area contributed by atoms with Crippen LogP contribution < -0.4 is 0 Å². The monoisotopic (exact) mass is 335 g/mol. The molecule has 6 nitrogen and oxygen atoms in total. The Kier molecular flexibility index (Phi) is 4.26. The van der Waals surface area contributed by atoms with Crippen molar-refractivity contribution in [2.75, 3.05) is 6.26 Å². The van der Waals surface area contributed by atoms with E-state index in [1.807, 2.05) is 0 Å². The van der Waals surface area contributed by atoms with Crippen LogP contribution in [0.2, 0.25) is 0 Å². The lowest BCUT2D eigenvalue weighted by Crippen LogP contribution is -2.44. The van der Waals surface area contributed by atoms with Crippen molar-refractivity contribution in [1.82, 2.24) is 3.71 Å². The number of sulfonamides is 2. The molecule has 20 heavy (non-hydrogen) atoms. The molecule has 1 aliphatic rings. The number of rotatable bonds is 3. The first-order valence-electron chi connectivity index (χ1n) is 5.32. The van der Waals surface area contributed by atoms with Crippen LogP contribution in [0.4, 0.5) is 13.2 Å². The number of ketones is 1. The summed E-state index contributed by atoms with van der Waals surface area (Å²) >= 11 is 0. The minimum atomic E-state index is -6.12. The van der Waals surface area contributed by atoms with Gasteiger partial charge in [0.2, 0.25) is 10.0 Å². The van der Waals surface area contributed by atoms with Crippen LogP contribution >= 0.6 is 0 Å². The van der Waals surface area contributed by atoms with Crippen molar-refractivity contribution in [3.8, 4) is 0 Å². The van der Waals surface area contributed by atoms with Crippen molar-refractivity contribution < 1.29 is 34.8 Å². The lowest BCUT2D eigenvalue weighted by atomic mass is 9.93. The van der Waals surface area contributed by atoms with Crippen LogP contribution in [0.5, 0.6) is 0 Å². The molecule has 0 N–H and O–H groups in total. The van der Waals surface area contributed by atoms with E-state index in [0.29, 0.717) is 12.3 Å². The van der Waals surface area contributed by atoms with Crippen LogP contribution in [0.3, 0.4) is 0 Å². The summed E-state index contributed by atoms with van der Waals surface area (Å²) in [7, 11) is -10.9. The van der Waals surface area contributed by atoms with Gasteiger partial charge in [0.1, 0.15) is 0 Å². The molecule has 1 rings (SSSR count). The molecule has 1 atom stereocenters. The second-order valence-electron chi connectivity index (χ2n) is 4.53. The van der Waals surface area contributed by atoms with Crippen LogP contribution in [0.1, 0.15) is 19.8 Å². The predicted octanol–water partition coefficient (Wildman–Crippen LogP) is 0.981. The smallest absolute Gasteiger partial charge is 0.295 e. The lowest BCUT2D eigenvalue weighted by molar-refractivity contribution is -0.115. The number of halogens is 3. The second kappa shape index (κ2) is 5.02. The van der Waals surface area contributed by atoms with Crippen LogP contribution in [0, 0.1) is 5.92 Å². The molecule has 0 saturated carbocycles.